The number of alkyl carbamates (subject to hydrolysis) is 1. The minimum absolute atomic E-state index is 0.0523. The van der Waals surface area contributed by atoms with Crippen LogP contribution in [0.3, 0.4) is 0 Å². The summed E-state index contributed by atoms with van der Waals surface area (Å²) in [4.78, 5) is 21.7. The SMILES string of the molecule is [2H]C([2H])([2H])Oc1cc(F)c([C@@H]2CN=C(NOCCO)[C@H]2NC(=O)OCc2ccc(OC)cc2)c(F)c1. The summed E-state index contributed by atoms with van der Waals surface area (Å²) in [5.74, 6) is -3.01. The summed E-state index contributed by atoms with van der Waals surface area (Å²) in [5.41, 5.74) is 2.71. The van der Waals surface area contributed by atoms with Crippen molar-refractivity contribution in [2.45, 2.75) is 18.6 Å². The number of benzene rings is 2. The number of hydroxylamine groups is 1. The molecular weight excluding hydrogens is 440 g/mol. The quantitative estimate of drug-likeness (QED) is 0.383. The molecule has 3 N–H and O–H groups in total. The van der Waals surface area contributed by atoms with Crippen molar-refractivity contribution in [2.75, 3.05) is 33.9 Å². The zero-order valence-electron chi connectivity index (χ0n) is 20.6. The van der Waals surface area contributed by atoms with Gasteiger partial charge in [-0.2, -0.15) is 0 Å². The van der Waals surface area contributed by atoms with Crippen LogP contribution in [0.4, 0.5) is 13.6 Å². The highest BCUT2D eigenvalue weighted by molar-refractivity contribution is 5.92. The molecule has 0 spiro atoms. The Morgan fingerprint density at radius 2 is 1.94 bits per heavy atom. The lowest BCUT2D eigenvalue weighted by Crippen LogP contribution is -2.48. The maximum absolute atomic E-state index is 14.9. The topological polar surface area (TPSA) is 111 Å². The standard InChI is InChI=1S/C22H25F2N3O6/c1-30-14-5-3-13(4-6-14)12-32-22(29)26-20-16(11-25-21(20)27-33-8-7-28)19-17(23)9-15(31-2)10-18(19)24/h3-6,9-10,16,20,28H,7-8,11-12H2,1-2H3,(H,25,27)(H,26,29)/t16-,20-/m0/s1/i2D3. The highest BCUT2D eigenvalue weighted by atomic mass is 19.1. The molecule has 0 saturated heterocycles. The average Bonchev–Trinajstić information content (AvgIpc) is 3.18. The first-order valence-electron chi connectivity index (χ1n) is 11.4. The lowest BCUT2D eigenvalue weighted by molar-refractivity contribution is 0.0513. The Hall–Kier alpha value is -3.44. The Bertz CT molecular complexity index is 1060. The summed E-state index contributed by atoms with van der Waals surface area (Å²) >= 11 is 0. The molecule has 0 fully saturated rings. The number of ether oxygens (including phenoxy) is 3. The van der Waals surface area contributed by atoms with Gasteiger partial charge in [0.2, 0.25) is 0 Å². The molecule has 11 heteroatoms. The number of hydrogen-bond acceptors (Lipinski definition) is 8. The number of aliphatic hydroxyl groups excluding tert-OH is 1. The van der Waals surface area contributed by atoms with Crippen molar-refractivity contribution >= 4 is 11.9 Å². The molecule has 9 nitrogen and oxygen atoms in total. The normalized spacial score (nSPS) is 19.0. The van der Waals surface area contributed by atoms with E-state index in [9.17, 15) is 13.6 Å². The Morgan fingerprint density at radius 1 is 1.21 bits per heavy atom. The number of aliphatic imine (C=N–C) groups is 1. The Labute approximate surface area is 193 Å². The number of amides is 1. The number of carbonyl (C=O) groups excluding carboxylic acids is 1. The smallest absolute Gasteiger partial charge is 0.408 e. The molecule has 0 bridgehead atoms. The number of aliphatic hydroxyl groups is 1. The summed E-state index contributed by atoms with van der Waals surface area (Å²) in [6, 6.07) is 7.20. The van der Waals surface area contributed by atoms with Gasteiger partial charge in [0.05, 0.1) is 38.0 Å². The number of nitrogens with one attached hydrogen (secondary N) is 2. The van der Waals surface area contributed by atoms with Crippen molar-refractivity contribution in [3.8, 4) is 11.5 Å². The fraction of sp³-hybridized carbons (Fsp3) is 0.364. The molecule has 0 radical (unpaired) electrons. The minimum atomic E-state index is -2.89. The van der Waals surface area contributed by atoms with E-state index in [2.05, 4.69) is 20.5 Å². The first-order valence-corrected chi connectivity index (χ1v) is 9.88. The molecule has 0 unspecified atom stereocenters. The van der Waals surface area contributed by atoms with Gasteiger partial charge in [0.25, 0.3) is 0 Å². The van der Waals surface area contributed by atoms with Crippen LogP contribution in [0.2, 0.25) is 0 Å². The third kappa shape index (κ3) is 6.08. The molecule has 2 atom stereocenters. The molecule has 0 aromatic heterocycles. The summed E-state index contributed by atoms with van der Waals surface area (Å²) in [6.45, 7) is -0.637. The van der Waals surface area contributed by atoms with Gasteiger partial charge in [0, 0.05) is 23.6 Å². The number of nitrogens with zero attached hydrogens (tertiary/aromatic N) is 1. The van der Waals surface area contributed by atoms with E-state index in [1.807, 2.05) is 0 Å². The van der Waals surface area contributed by atoms with Crippen molar-refractivity contribution in [1.29, 1.82) is 0 Å². The van der Waals surface area contributed by atoms with Crippen LogP contribution in [0.25, 0.3) is 0 Å². The molecule has 0 aliphatic carbocycles. The van der Waals surface area contributed by atoms with Crippen LogP contribution in [0.1, 0.15) is 21.2 Å². The largest absolute Gasteiger partial charge is 0.497 e. The van der Waals surface area contributed by atoms with Crippen molar-refractivity contribution in [3.63, 3.8) is 0 Å². The van der Waals surface area contributed by atoms with Crippen LogP contribution >= 0.6 is 0 Å². The fourth-order valence-electron chi connectivity index (χ4n) is 3.30. The van der Waals surface area contributed by atoms with E-state index in [4.69, 9.17) is 23.5 Å². The lowest BCUT2D eigenvalue weighted by atomic mass is 9.92. The van der Waals surface area contributed by atoms with Crippen LogP contribution in [0.15, 0.2) is 41.4 Å². The van der Waals surface area contributed by atoms with E-state index in [1.54, 1.807) is 24.3 Å². The van der Waals surface area contributed by atoms with Gasteiger partial charge in [0.15, 0.2) is 0 Å². The monoisotopic (exact) mass is 468 g/mol. The van der Waals surface area contributed by atoms with Gasteiger partial charge in [0.1, 0.15) is 41.6 Å². The zero-order valence-corrected chi connectivity index (χ0v) is 17.6. The molecule has 2 aromatic rings. The van der Waals surface area contributed by atoms with E-state index in [0.717, 1.165) is 12.1 Å². The number of carbonyl (C=O) groups is 1. The minimum Gasteiger partial charge on any atom is -0.497 e. The second-order valence-electron chi connectivity index (χ2n) is 6.96. The van der Waals surface area contributed by atoms with Crippen LogP contribution in [0, 0.1) is 11.6 Å². The Balaban J connectivity index is 1.76. The molecule has 33 heavy (non-hydrogen) atoms. The van der Waals surface area contributed by atoms with Gasteiger partial charge in [-0.3, -0.25) is 15.3 Å². The number of hydrogen-bond donors (Lipinski definition) is 3. The third-order valence-electron chi connectivity index (χ3n) is 4.87. The number of rotatable bonds is 9. The third-order valence-corrected chi connectivity index (χ3v) is 4.87. The average molecular weight is 468 g/mol. The summed E-state index contributed by atoms with van der Waals surface area (Å²) in [7, 11) is -1.37. The van der Waals surface area contributed by atoms with Crippen LogP contribution < -0.4 is 20.3 Å². The number of methoxy groups -OCH3 is 2. The summed E-state index contributed by atoms with van der Waals surface area (Å²) in [5, 5.41) is 11.4. The molecule has 178 valence electrons. The molecule has 0 saturated carbocycles. The summed E-state index contributed by atoms with van der Waals surface area (Å²) < 4.78 is 66.1. The predicted octanol–water partition coefficient (Wildman–Crippen LogP) is 2.29. The second-order valence-corrected chi connectivity index (χ2v) is 6.96. The highest BCUT2D eigenvalue weighted by Crippen LogP contribution is 2.32. The van der Waals surface area contributed by atoms with Gasteiger partial charge in [-0.25, -0.2) is 13.6 Å². The van der Waals surface area contributed by atoms with E-state index >= 15 is 0 Å². The van der Waals surface area contributed by atoms with Gasteiger partial charge in [-0.15, -0.1) is 0 Å². The Kier molecular flexibility index (Phi) is 6.99. The van der Waals surface area contributed by atoms with Gasteiger partial charge < -0.3 is 24.6 Å². The lowest BCUT2D eigenvalue weighted by Gasteiger charge is -2.23. The van der Waals surface area contributed by atoms with Crippen molar-refractivity contribution in [2.24, 2.45) is 4.99 Å². The van der Waals surface area contributed by atoms with E-state index < -0.39 is 48.0 Å². The maximum atomic E-state index is 14.9. The predicted molar refractivity (Wildman–Crippen MR) is 114 cm³/mol. The van der Waals surface area contributed by atoms with Crippen LogP contribution in [-0.4, -0.2) is 57.0 Å². The van der Waals surface area contributed by atoms with E-state index in [0.29, 0.717) is 11.3 Å². The van der Waals surface area contributed by atoms with Gasteiger partial charge in [-0.05, 0) is 17.7 Å². The molecule has 1 amide bonds. The molecule has 1 heterocycles. The van der Waals surface area contributed by atoms with Gasteiger partial charge in [-0.1, -0.05) is 12.1 Å². The number of amidine groups is 1. The first-order chi connectivity index (χ1) is 17.1. The Morgan fingerprint density at radius 3 is 2.58 bits per heavy atom. The van der Waals surface area contributed by atoms with E-state index in [-0.39, 0.29) is 32.2 Å². The molecule has 2 aromatic carbocycles. The summed E-state index contributed by atoms with van der Waals surface area (Å²) in [6.07, 6.45) is -0.887. The molecule has 1 aliphatic heterocycles. The van der Waals surface area contributed by atoms with Gasteiger partial charge >= 0.3 is 6.09 Å². The molecule has 3 rings (SSSR count). The fourth-order valence-corrected chi connectivity index (χ4v) is 3.30. The van der Waals surface area contributed by atoms with E-state index in [1.165, 1.54) is 7.11 Å². The van der Waals surface area contributed by atoms with Crippen molar-refractivity contribution in [3.05, 3.63) is 59.2 Å². The highest BCUT2D eigenvalue weighted by Gasteiger charge is 2.38. The van der Waals surface area contributed by atoms with Crippen molar-refractivity contribution < 1.29 is 41.8 Å². The maximum Gasteiger partial charge on any atom is 0.408 e. The molecule has 1 aliphatic rings. The van der Waals surface area contributed by atoms with Crippen molar-refractivity contribution in [1.82, 2.24) is 10.8 Å². The van der Waals surface area contributed by atoms with Crippen LogP contribution in [0.5, 0.6) is 11.5 Å². The number of halogens is 2. The zero-order chi connectivity index (χ0) is 26.3. The first kappa shape index (κ1) is 20.2. The second kappa shape index (κ2) is 11.4. The van der Waals surface area contributed by atoms with Crippen LogP contribution in [-0.2, 0) is 16.2 Å². The molecular formula is C22H25F2N3O6.